The molecule has 0 radical (unpaired) electrons. The zero-order valence-electron chi connectivity index (χ0n) is 12.5. The molecule has 3 rings (SSSR count). The van der Waals surface area contributed by atoms with E-state index >= 15 is 0 Å². The lowest BCUT2D eigenvalue weighted by atomic mass is 10.1. The van der Waals surface area contributed by atoms with Crippen LogP contribution in [0.3, 0.4) is 0 Å². The fraction of sp³-hybridized carbons (Fsp3) is 0.353. The summed E-state index contributed by atoms with van der Waals surface area (Å²) >= 11 is 5.18. The fourth-order valence-electron chi connectivity index (χ4n) is 2.97. The summed E-state index contributed by atoms with van der Waals surface area (Å²) in [7, 11) is 0. The second-order valence-corrected chi connectivity index (χ2v) is 7.48. The van der Waals surface area contributed by atoms with Crippen LogP contribution in [0.25, 0.3) is 0 Å². The van der Waals surface area contributed by atoms with Crippen LogP contribution < -0.4 is 5.32 Å². The lowest BCUT2D eigenvalue weighted by Gasteiger charge is -2.29. The third-order valence-electron chi connectivity index (χ3n) is 4.15. The monoisotopic (exact) mass is 378 g/mol. The highest BCUT2D eigenvalue weighted by atomic mass is 79.9. The van der Waals surface area contributed by atoms with E-state index in [2.05, 4.69) is 43.7 Å². The van der Waals surface area contributed by atoms with E-state index in [4.69, 9.17) is 0 Å². The molecule has 2 aromatic rings. The summed E-state index contributed by atoms with van der Waals surface area (Å²) in [6.45, 7) is 2.98. The molecule has 22 heavy (non-hydrogen) atoms. The second-order valence-electron chi connectivity index (χ2n) is 5.58. The lowest BCUT2D eigenvalue weighted by Crippen LogP contribution is -2.41. The maximum atomic E-state index is 12.5. The summed E-state index contributed by atoms with van der Waals surface area (Å²) < 4.78 is 1.01. The number of likely N-dealkylation sites (tertiary alicyclic amines) is 1. The quantitative estimate of drug-likeness (QED) is 0.837. The van der Waals surface area contributed by atoms with Crippen LogP contribution in [0, 0.1) is 0 Å². The minimum atomic E-state index is -0.127. The highest BCUT2D eigenvalue weighted by molar-refractivity contribution is 9.10. The number of amides is 1. The Morgan fingerprint density at radius 3 is 2.82 bits per heavy atom. The van der Waals surface area contributed by atoms with Gasteiger partial charge in [-0.2, -0.15) is 0 Å². The standard InChI is InChI=1S/C17H19BrN2OS/c1-12(17(21)19-14-8-6-13(18)7-9-14)20-10-2-4-15(20)16-5-3-11-22-16/h3,5-9,11-12,15H,2,4,10H2,1H3,(H,19,21)/t12-,15-/m1/s1. The molecule has 0 saturated carbocycles. The zero-order chi connectivity index (χ0) is 15.5. The number of thiophene rings is 1. The number of rotatable bonds is 4. The molecule has 1 amide bonds. The van der Waals surface area contributed by atoms with Crippen LogP contribution in [0.4, 0.5) is 5.69 Å². The number of anilines is 1. The van der Waals surface area contributed by atoms with Crippen LogP contribution in [0.1, 0.15) is 30.7 Å². The molecular formula is C17H19BrN2OS. The number of carbonyl (C=O) groups is 1. The summed E-state index contributed by atoms with van der Waals surface area (Å²) in [6, 6.07) is 12.2. The van der Waals surface area contributed by atoms with Gasteiger partial charge < -0.3 is 5.32 Å². The van der Waals surface area contributed by atoms with Gasteiger partial charge in [0.25, 0.3) is 0 Å². The first-order valence-corrected chi connectivity index (χ1v) is 9.18. The van der Waals surface area contributed by atoms with Crippen molar-refractivity contribution in [2.24, 2.45) is 0 Å². The van der Waals surface area contributed by atoms with Gasteiger partial charge in [-0.3, -0.25) is 9.69 Å². The molecule has 116 valence electrons. The first-order chi connectivity index (χ1) is 10.6. The van der Waals surface area contributed by atoms with E-state index in [-0.39, 0.29) is 11.9 Å². The van der Waals surface area contributed by atoms with E-state index in [1.165, 1.54) is 4.88 Å². The average Bonchev–Trinajstić information content (AvgIpc) is 3.19. The van der Waals surface area contributed by atoms with Crippen LogP contribution in [-0.4, -0.2) is 23.4 Å². The van der Waals surface area contributed by atoms with E-state index in [0.717, 1.165) is 29.5 Å². The summed E-state index contributed by atoms with van der Waals surface area (Å²) in [5.41, 5.74) is 0.840. The van der Waals surface area contributed by atoms with Crippen molar-refractivity contribution in [3.63, 3.8) is 0 Å². The van der Waals surface area contributed by atoms with Crippen LogP contribution in [-0.2, 0) is 4.79 Å². The van der Waals surface area contributed by atoms with Crippen LogP contribution in [0.5, 0.6) is 0 Å². The number of carbonyl (C=O) groups excluding carboxylic acids is 1. The molecule has 1 fully saturated rings. The third-order valence-corrected chi connectivity index (χ3v) is 5.66. The van der Waals surface area contributed by atoms with E-state index in [0.29, 0.717) is 6.04 Å². The Morgan fingerprint density at radius 2 is 2.14 bits per heavy atom. The van der Waals surface area contributed by atoms with Crippen LogP contribution >= 0.6 is 27.3 Å². The van der Waals surface area contributed by atoms with Gasteiger partial charge in [-0.15, -0.1) is 11.3 Å². The topological polar surface area (TPSA) is 32.3 Å². The summed E-state index contributed by atoms with van der Waals surface area (Å²) in [5, 5.41) is 5.12. The summed E-state index contributed by atoms with van der Waals surface area (Å²) in [6.07, 6.45) is 2.29. The van der Waals surface area contributed by atoms with Gasteiger partial charge in [-0.1, -0.05) is 22.0 Å². The van der Waals surface area contributed by atoms with Crippen molar-refractivity contribution in [3.8, 4) is 0 Å². The summed E-state index contributed by atoms with van der Waals surface area (Å²) in [4.78, 5) is 16.2. The van der Waals surface area contributed by atoms with Gasteiger partial charge >= 0.3 is 0 Å². The largest absolute Gasteiger partial charge is 0.325 e. The lowest BCUT2D eigenvalue weighted by molar-refractivity contribution is -0.121. The molecule has 1 aliphatic heterocycles. The van der Waals surface area contributed by atoms with Crippen molar-refractivity contribution in [2.75, 3.05) is 11.9 Å². The van der Waals surface area contributed by atoms with Gasteiger partial charge in [0.05, 0.1) is 6.04 Å². The molecule has 1 aliphatic rings. The third kappa shape index (κ3) is 3.42. The molecule has 1 saturated heterocycles. The highest BCUT2D eigenvalue weighted by Crippen LogP contribution is 2.36. The SMILES string of the molecule is C[C@H](C(=O)Nc1ccc(Br)cc1)N1CCC[C@@H]1c1cccs1. The molecule has 0 unspecified atom stereocenters. The Bertz CT molecular complexity index is 627. The van der Waals surface area contributed by atoms with E-state index in [9.17, 15) is 4.79 Å². The Balaban J connectivity index is 1.68. The van der Waals surface area contributed by atoms with Crippen LogP contribution in [0.15, 0.2) is 46.3 Å². The smallest absolute Gasteiger partial charge is 0.241 e. The number of hydrogen-bond donors (Lipinski definition) is 1. The Morgan fingerprint density at radius 1 is 1.36 bits per heavy atom. The average molecular weight is 379 g/mol. The molecular weight excluding hydrogens is 360 g/mol. The number of halogens is 1. The molecule has 1 aromatic heterocycles. The molecule has 0 bridgehead atoms. The minimum absolute atomic E-state index is 0.0609. The van der Waals surface area contributed by atoms with Crippen molar-refractivity contribution < 1.29 is 4.79 Å². The fourth-order valence-corrected chi connectivity index (χ4v) is 4.12. The maximum Gasteiger partial charge on any atom is 0.241 e. The predicted molar refractivity (Wildman–Crippen MR) is 95.2 cm³/mol. The number of hydrogen-bond acceptors (Lipinski definition) is 3. The predicted octanol–water partition coefficient (Wildman–Crippen LogP) is 4.67. The van der Waals surface area contributed by atoms with E-state index < -0.39 is 0 Å². The van der Waals surface area contributed by atoms with Crippen molar-refractivity contribution in [2.45, 2.75) is 31.8 Å². The number of nitrogens with zero attached hydrogens (tertiary/aromatic N) is 1. The number of nitrogens with one attached hydrogen (secondary N) is 1. The first-order valence-electron chi connectivity index (χ1n) is 7.51. The van der Waals surface area contributed by atoms with E-state index in [1.807, 2.05) is 31.2 Å². The van der Waals surface area contributed by atoms with Crippen molar-refractivity contribution in [1.82, 2.24) is 4.90 Å². The number of benzene rings is 1. The van der Waals surface area contributed by atoms with Gasteiger partial charge in [0.15, 0.2) is 0 Å². The van der Waals surface area contributed by atoms with Gasteiger partial charge in [-0.05, 0) is 62.0 Å². The van der Waals surface area contributed by atoms with Crippen molar-refractivity contribution in [3.05, 3.63) is 51.1 Å². The van der Waals surface area contributed by atoms with E-state index in [1.54, 1.807) is 11.3 Å². The molecule has 2 atom stereocenters. The normalized spacial score (nSPS) is 20.0. The summed E-state index contributed by atoms with van der Waals surface area (Å²) in [5.74, 6) is 0.0609. The Kier molecular flexibility index (Phi) is 4.96. The second kappa shape index (κ2) is 6.94. The molecule has 1 N–H and O–H groups in total. The first kappa shape index (κ1) is 15.7. The molecule has 0 aliphatic carbocycles. The Labute approximate surface area is 143 Å². The van der Waals surface area contributed by atoms with Gasteiger partial charge in [0.1, 0.15) is 0 Å². The molecule has 0 spiro atoms. The van der Waals surface area contributed by atoms with Gasteiger partial charge in [0, 0.05) is 21.1 Å². The van der Waals surface area contributed by atoms with Crippen molar-refractivity contribution >= 4 is 38.9 Å². The molecule has 1 aromatic carbocycles. The zero-order valence-corrected chi connectivity index (χ0v) is 14.9. The van der Waals surface area contributed by atoms with Crippen molar-refractivity contribution in [1.29, 1.82) is 0 Å². The molecule has 3 nitrogen and oxygen atoms in total. The molecule has 2 heterocycles. The van der Waals surface area contributed by atoms with Gasteiger partial charge in [0.2, 0.25) is 5.91 Å². The van der Waals surface area contributed by atoms with Gasteiger partial charge in [-0.25, -0.2) is 0 Å². The minimum Gasteiger partial charge on any atom is -0.325 e. The van der Waals surface area contributed by atoms with Crippen LogP contribution in [0.2, 0.25) is 0 Å². The molecule has 5 heteroatoms. The Hall–Kier alpha value is -1.17. The highest BCUT2D eigenvalue weighted by Gasteiger charge is 2.33. The maximum absolute atomic E-state index is 12.5.